The monoisotopic (exact) mass is 1410 g/mol. The quantitative estimate of drug-likeness (QED) is 0.275. The average Bonchev–Trinajstić information content (AvgIpc) is 1.76. The highest BCUT2D eigenvalue weighted by Gasteiger charge is 2.52. The van der Waals surface area contributed by atoms with Gasteiger partial charge in [0.1, 0.15) is 59.9 Å². The number of aryl methyl sites for hydroxylation is 1. The van der Waals surface area contributed by atoms with Gasteiger partial charge in [0.15, 0.2) is 0 Å². The smallest absolute Gasteiger partial charge is 0.342 e. The molecule has 24 nitrogen and oxygen atoms in total. The number of fused-ring (bicyclic) bond motifs is 3. The van der Waals surface area contributed by atoms with E-state index in [1.165, 1.54) is 82.5 Å². The predicted octanol–water partition coefficient (Wildman–Crippen LogP) is 5.54. The number of nitrogens with zero attached hydrogens (tertiary/aromatic N) is 9. The van der Waals surface area contributed by atoms with E-state index in [0.717, 1.165) is 55.6 Å². The molecule has 2 aliphatic carbocycles. The van der Waals surface area contributed by atoms with Crippen molar-refractivity contribution in [3.63, 3.8) is 0 Å². The maximum atomic E-state index is 15.4. The van der Waals surface area contributed by atoms with Crippen LogP contribution in [0.5, 0.6) is 0 Å². The van der Waals surface area contributed by atoms with Gasteiger partial charge in [0.05, 0.1) is 23.6 Å². The summed E-state index contributed by atoms with van der Waals surface area (Å²) in [5.41, 5.74) is -2.32. The molecule has 2 saturated carbocycles. The molecular formula is C71H106ClF3N12O12. The largest absolute Gasteiger partial charge is 0.417 e. The van der Waals surface area contributed by atoms with Crippen LogP contribution >= 0.6 is 11.6 Å². The minimum Gasteiger partial charge on any atom is -0.342 e. The van der Waals surface area contributed by atoms with Crippen LogP contribution in [0.3, 0.4) is 0 Å². The molecule has 5 saturated heterocycles. The first-order chi connectivity index (χ1) is 46.8. The summed E-state index contributed by atoms with van der Waals surface area (Å²) in [6, 6.07) is -7.70. The van der Waals surface area contributed by atoms with E-state index < -0.39 is 172 Å². The first-order valence-electron chi connectivity index (χ1n) is 36.1. The molecule has 1 aromatic rings. The highest BCUT2D eigenvalue weighted by molar-refractivity contribution is 6.31. The zero-order valence-corrected chi connectivity index (χ0v) is 60.4. The van der Waals surface area contributed by atoms with Gasteiger partial charge >= 0.3 is 6.18 Å². The Hall–Kier alpha value is -7.06. The van der Waals surface area contributed by atoms with Crippen LogP contribution < -0.4 is 16.0 Å². The molecule has 7 fully saturated rings. The van der Waals surface area contributed by atoms with Crippen molar-refractivity contribution in [2.24, 2.45) is 17.8 Å². The fourth-order valence-corrected chi connectivity index (χ4v) is 16.4. The van der Waals surface area contributed by atoms with E-state index in [1.54, 1.807) is 25.7 Å². The molecule has 1 aromatic carbocycles. The second-order valence-electron chi connectivity index (χ2n) is 29.4. The summed E-state index contributed by atoms with van der Waals surface area (Å²) in [6.07, 6.45) is 4.84. The van der Waals surface area contributed by atoms with E-state index in [-0.39, 0.29) is 76.9 Å². The second-order valence-corrected chi connectivity index (χ2v) is 29.8. The molecule has 3 N–H and O–H groups in total. The van der Waals surface area contributed by atoms with E-state index in [9.17, 15) is 37.1 Å². The van der Waals surface area contributed by atoms with Crippen molar-refractivity contribution in [3.05, 3.63) is 34.3 Å². The van der Waals surface area contributed by atoms with Crippen LogP contribution in [0.1, 0.15) is 187 Å². The number of carbonyl (C=O) groups excluding carboxylic acids is 12. The molecule has 5 aliphatic heterocycles. The molecular weight excluding hydrogens is 1310 g/mol. The Balaban J connectivity index is 1.17. The maximum absolute atomic E-state index is 15.4. The summed E-state index contributed by atoms with van der Waals surface area (Å²) in [5.74, 6) is -8.44. The molecule has 28 heteroatoms. The van der Waals surface area contributed by atoms with Crippen LogP contribution in [0.2, 0.25) is 5.02 Å². The standard InChI is InChI=1S/C71H106ClF3N12O12/c1-11-44(4)58-67(97)79(6)42-57(89)85-36-22-27-53(85)64(94)81(8)54(40-46-23-14-12-15-24-46)66(96)87-38-20-25-51(87)61(91)76-50(31-29-47-28-30-48(49(72)39-47)71(73,74)75)63(93)86-37-21-26-52(86)62(92)78-70(32-16-17-33-70)69(99)83(10)59(43(2)3)68(98)82(9)55(65(95)84-34-18-13-19-35-84)41-56(88)80(7)45(5)60(90)77-58/h28,30,39,43-46,50-55,58-59H,11-27,29,31-38,40-42H2,1-10H3,(H,76,91)(H,77,90)(H,78,92)/t44-,45-,50-,51+,52-,53-,54-,55-,58-,59-/m0/s1. The number of halogens is 4. The first-order valence-corrected chi connectivity index (χ1v) is 36.5. The van der Waals surface area contributed by atoms with Crippen molar-refractivity contribution in [1.82, 2.24) is 60.0 Å². The number of alkyl halides is 3. The highest BCUT2D eigenvalue weighted by Crippen LogP contribution is 2.38. The molecule has 5 heterocycles. The minimum absolute atomic E-state index is 0.0388. The molecule has 0 unspecified atom stereocenters. The lowest BCUT2D eigenvalue weighted by Crippen LogP contribution is -2.65. The zero-order valence-electron chi connectivity index (χ0n) is 59.6. The summed E-state index contributed by atoms with van der Waals surface area (Å²) < 4.78 is 41.8. The van der Waals surface area contributed by atoms with Crippen molar-refractivity contribution >= 4 is 82.5 Å². The molecule has 10 atom stereocenters. The normalized spacial score (nSPS) is 28.6. The number of likely N-dealkylation sites (tertiary alicyclic amines) is 1. The van der Waals surface area contributed by atoms with Crippen LogP contribution in [0.4, 0.5) is 13.2 Å². The van der Waals surface area contributed by atoms with Gasteiger partial charge in [-0.3, -0.25) is 57.5 Å². The van der Waals surface area contributed by atoms with Crippen molar-refractivity contribution < 1.29 is 70.7 Å². The third-order valence-corrected chi connectivity index (χ3v) is 22.8. The van der Waals surface area contributed by atoms with E-state index in [4.69, 9.17) is 11.6 Å². The van der Waals surface area contributed by atoms with Crippen LogP contribution in [-0.4, -0.2) is 249 Å². The Morgan fingerprint density at radius 2 is 1.20 bits per heavy atom. The molecule has 550 valence electrons. The number of amides is 12. The summed E-state index contributed by atoms with van der Waals surface area (Å²) in [7, 11) is 7.19. The van der Waals surface area contributed by atoms with Crippen LogP contribution in [0.25, 0.3) is 0 Å². The molecule has 0 bridgehead atoms. The van der Waals surface area contributed by atoms with Crippen LogP contribution in [0.15, 0.2) is 18.2 Å². The Bertz CT molecular complexity index is 3160. The van der Waals surface area contributed by atoms with Crippen molar-refractivity contribution in [2.75, 3.05) is 74.5 Å². The van der Waals surface area contributed by atoms with Crippen molar-refractivity contribution in [1.29, 1.82) is 0 Å². The Labute approximate surface area is 585 Å². The number of hydrogen-bond donors (Lipinski definition) is 3. The molecule has 0 radical (unpaired) electrons. The topological polar surface area (TPSA) is 270 Å². The lowest BCUT2D eigenvalue weighted by molar-refractivity contribution is -0.156. The molecule has 7 aliphatic rings. The number of nitrogens with one attached hydrogen (secondary N) is 3. The zero-order chi connectivity index (χ0) is 72.5. The highest BCUT2D eigenvalue weighted by atomic mass is 35.5. The maximum Gasteiger partial charge on any atom is 0.417 e. The summed E-state index contributed by atoms with van der Waals surface area (Å²) in [5, 5.41) is 8.22. The van der Waals surface area contributed by atoms with Crippen LogP contribution in [0, 0.1) is 17.8 Å². The summed E-state index contributed by atoms with van der Waals surface area (Å²) in [6.45, 7) is 9.12. The first kappa shape index (κ1) is 77.7. The SMILES string of the molecule is CC[C@H](C)[C@@H]1NC(=O)[C@H](C)N(C)C(=O)C[C@@H](C(=O)N2CCCCC2)N(C)C(=O)[C@H](C(C)C)N(C)C(=O)C2(CCCC2)NC(=O)[C@@H]2CCCN2C(=O)[C@H](CCc2ccc(C(F)(F)F)c(Cl)c2)NC(=O)[C@H]2CCCN2C(=O)[C@H](CC2CCCCC2)N(C)C(=O)[C@@H]2CCCN2C(=O)CN(C)C1=O. The second kappa shape index (κ2) is 33.6. The Morgan fingerprint density at radius 3 is 1.80 bits per heavy atom. The van der Waals surface area contributed by atoms with Gasteiger partial charge in [-0.2, -0.15) is 13.2 Å². The van der Waals surface area contributed by atoms with Gasteiger partial charge in [-0.1, -0.05) is 96.7 Å². The van der Waals surface area contributed by atoms with E-state index >= 15 is 33.6 Å². The van der Waals surface area contributed by atoms with Gasteiger partial charge in [-0.25, -0.2) is 0 Å². The van der Waals surface area contributed by atoms with Gasteiger partial charge in [0, 0.05) is 68.0 Å². The average molecular weight is 1410 g/mol. The molecule has 12 amide bonds. The fourth-order valence-electron chi connectivity index (χ4n) is 16.0. The van der Waals surface area contributed by atoms with E-state index in [2.05, 4.69) is 16.0 Å². The van der Waals surface area contributed by atoms with Crippen molar-refractivity contribution in [2.45, 2.75) is 248 Å². The van der Waals surface area contributed by atoms with Gasteiger partial charge in [-0.05, 0) is 132 Å². The number of hydrogen-bond acceptors (Lipinski definition) is 12. The van der Waals surface area contributed by atoms with Gasteiger partial charge in [0.25, 0.3) is 0 Å². The molecule has 0 aromatic heterocycles. The van der Waals surface area contributed by atoms with Gasteiger partial charge < -0.3 is 60.0 Å². The van der Waals surface area contributed by atoms with Gasteiger partial charge in [-0.15, -0.1) is 0 Å². The molecule has 8 rings (SSSR count). The lowest BCUT2D eigenvalue weighted by atomic mass is 9.84. The minimum atomic E-state index is -4.76. The predicted molar refractivity (Wildman–Crippen MR) is 362 cm³/mol. The lowest BCUT2D eigenvalue weighted by Gasteiger charge is -2.42. The number of likely N-dealkylation sites (N-methyl/N-ethyl adjacent to an activating group) is 5. The third kappa shape index (κ3) is 17.8. The van der Waals surface area contributed by atoms with E-state index in [1.807, 2.05) is 6.92 Å². The molecule has 99 heavy (non-hydrogen) atoms. The molecule has 1 spiro atoms. The summed E-state index contributed by atoms with van der Waals surface area (Å²) in [4.78, 5) is 192. The number of piperidine rings is 1. The number of benzene rings is 1. The van der Waals surface area contributed by atoms with Crippen molar-refractivity contribution in [3.8, 4) is 0 Å². The fraction of sp³-hybridized carbons (Fsp3) is 0.746. The van der Waals surface area contributed by atoms with Crippen LogP contribution in [-0.2, 0) is 70.1 Å². The summed E-state index contributed by atoms with van der Waals surface area (Å²) >= 11 is 6.19. The van der Waals surface area contributed by atoms with E-state index in [0.29, 0.717) is 70.0 Å². The Kier molecular flexibility index (Phi) is 26.4. The third-order valence-electron chi connectivity index (χ3n) is 22.5. The Morgan fingerprint density at radius 1 is 0.616 bits per heavy atom. The number of rotatable bonds is 9. The number of carbonyl (C=O) groups is 12. The van der Waals surface area contributed by atoms with Gasteiger partial charge in [0.2, 0.25) is 70.9 Å².